The van der Waals surface area contributed by atoms with Crippen LogP contribution in [0.25, 0.3) is 16.8 Å². The molecule has 0 saturated carbocycles. The Bertz CT molecular complexity index is 1520. The van der Waals surface area contributed by atoms with E-state index in [2.05, 4.69) is 26.4 Å². The first-order valence-corrected chi connectivity index (χ1v) is 13.2. The Morgan fingerprint density at radius 3 is 2.58 bits per heavy atom. The first-order chi connectivity index (χ1) is 17.4. The number of primary sulfonamides is 1. The highest BCUT2D eigenvalue weighted by Gasteiger charge is 2.19. The topological polar surface area (TPSA) is 135 Å². The van der Waals surface area contributed by atoms with Crippen molar-refractivity contribution in [2.45, 2.75) is 17.7 Å². The molecular formula is C25H28N6O4S. The Hall–Kier alpha value is -3.51. The molecule has 0 unspecified atom stereocenters. The molecule has 0 amide bonds. The monoisotopic (exact) mass is 508 g/mol. The van der Waals surface area contributed by atoms with Crippen molar-refractivity contribution in [2.24, 2.45) is 5.14 Å². The van der Waals surface area contributed by atoms with E-state index >= 15 is 0 Å². The first kappa shape index (κ1) is 24.2. The van der Waals surface area contributed by atoms with Gasteiger partial charge in [-0.15, -0.1) is 5.10 Å². The van der Waals surface area contributed by atoms with Crippen LogP contribution in [-0.4, -0.2) is 66.4 Å². The van der Waals surface area contributed by atoms with Crippen molar-refractivity contribution < 1.29 is 18.3 Å². The van der Waals surface area contributed by atoms with E-state index in [1.54, 1.807) is 42.1 Å². The minimum absolute atomic E-state index is 0.0285. The lowest BCUT2D eigenvalue weighted by Crippen LogP contribution is -2.29. The molecule has 188 valence electrons. The summed E-state index contributed by atoms with van der Waals surface area (Å²) in [6.45, 7) is 2.57. The van der Waals surface area contributed by atoms with Gasteiger partial charge in [0.2, 0.25) is 16.0 Å². The van der Waals surface area contributed by atoms with Crippen molar-refractivity contribution in [3.63, 3.8) is 0 Å². The number of β-amino-alcohol motifs (C(OH)–C–C–N with tert-alkyl or cyclic N) is 1. The van der Waals surface area contributed by atoms with Crippen LogP contribution in [0.4, 0.5) is 11.6 Å². The van der Waals surface area contributed by atoms with Crippen LogP contribution in [0.1, 0.15) is 11.1 Å². The number of hydrogen-bond acceptors (Lipinski definition) is 8. The number of hydrogen-bond donors (Lipinski definition) is 3. The molecular weight excluding hydrogens is 480 g/mol. The van der Waals surface area contributed by atoms with Crippen molar-refractivity contribution >= 4 is 27.2 Å². The molecule has 0 fully saturated rings. The van der Waals surface area contributed by atoms with E-state index in [0.717, 1.165) is 31.6 Å². The number of sulfonamides is 1. The predicted octanol–water partition coefficient (Wildman–Crippen LogP) is 2.19. The highest BCUT2D eigenvalue weighted by Crippen LogP contribution is 2.33. The van der Waals surface area contributed by atoms with Gasteiger partial charge in [-0.1, -0.05) is 18.2 Å². The largest absolute Gasteiger partial charge is 0.495 e. The second kappa shape index (κ2) is 9.86. The van der Waals surface area contributed by atoms with Gasteiger partial charge in [0.15, 0.2) is 0 Å². The number of ether oxygens (including phenoxy) is 1. The summed E-state index contributed by atoms with van der Waals surface area (Å²) in [6.07, 6.45) is 3.41. The van der Waals surface area contributed by atoms with Crippen LogP contribution in [0.2, 0.25) is 0 Å². The van der Waals surface area contributed by atoms with E-state index in [1.807, 2.05) is 12.1 Å². The molecule has 4 N–H and O–H groups in total. The third-order valence-electron chi connectivity index (χ3n) is 6.45. The standard InChI is InChI=1S/C25H28N6O4S/c1-35-23-15-18-9-11-30(12-13-32)10-8-17(18)14-21(23)28-25-27-16-19-6-7-22(31(19)29-25)20-4-2-3-5-24(20)36(26,33)34/h2-7,14-16,32H,8-13H2,1H3,(H,28,29)(H2,26,33,34). The summed E-state index contributed by atoms with van der Waals surface area (Å²) in [6, 6.07) is 14.3. The Kier molecular flexibility index (Phi) is 6.63. The zero-order valence-corrected chi connectivity index (χ0v) is 20.7. The van der Waals surface area contributed by atoms with Gasteiger partial charge >= 0.3 is 0 Å². The number of nitrogens with one attached hydrogen (secondary N) is 1. The van der Waals surface area contributed by atoms with Gasteiger partial charge in [0.25, 0.3) is 0 Å². The molecule has 1 aliphatic heterocycles. The van der Waals surface area contributed by atoms with Crippen LogP contribution in [0.15, 0.2) is 59.6 Å². The molecule has 2 aromatic carbocycles. The van der Waals surface area contributed by atoms with Crippen molar-refractivity contribution in [1.29, 1.82) is 0 Å². The number of methoxy groups -OCH3 is 1. The van der Waals surface area contributed by atoms with E-state index in [4.69, 9.17) is 9.88 Å². The fraction of sp³-hybridized carbons (Fsp3) is 0.280. The van der Waals surface area contributed by atoms with Crippen LogP contribution in [0.3, 0.4) is 0 Å². The molecule has 0 spiro atoms. The van der Waals surface area contributed by atoms with E-state index in [9.17, 15) is 13.5 Å². The molecule has 0 atom stereocenters. The predicted molar refractivity (Wildman–Crippen MR) is 137 cm³/mol. The van der Waals surface area contributed by atoms with E-state index in [1.165, 1.54) is 17.2 Å². The fourth-order valence-electron chi connectivity index (χ4n) is 4.64. The minimum atomic E-state index is -3.92. The van der Waals surface area contributed by atoms with Gasteiger partial charge in [-0.05, 0) is 54.3 Å². The molecule has 3 heterocycles. The zero-order chi connectivity index (χ0) is 25.3. The Morgan fingerprint density at radius 1 is 1.11 bits per heavy atom. The lowest BCUT2D eigenvalue weighted by atomic mass is 10.0. The molecule has 0 saturated heterocycles. The van der Waals surface area contributed by atoms with Gasteiger partial charge in [-0.25, -0.2) is 23.1 Å². The van der Waals surface area contributed by atoms with Crippen molar-refractivity contribution in [2.75, 3.05) is 38.7 Å². The number of aliphatic hydroxyl groups is 1. The number of nitrogens with two attached hydrogens (primary N) is 1. The second-order valence-electron chi connectivity index (χ2n) is 8.69. The molecule has 10 nitrogen and oxygen atoms in total. The molecule has 4 aromatic rings. The third kappa shape index (κ3) is 4.78. The fourth-order valence-corrected chi connectivity index (χ4v) is 5.39. The number of aliphatic hydroxyl groups excluding tert-OH is 1. The van der Waals surface area contributed by atoms with Crippen LogP contribution in [-0.2, 0) is 22.9 Å². The van der Waals surface area contributed by atoms with Gasteiger partial charge in [0.1, 0.15) is 5.75 Å². The summed E-state index contributed by atoms with van der Waals surface area (Å²) >= 11 is 0. The SMILES string of the molecule is COc1cc2c(cc1Nc1ncc3ccc(-c4ccccc4S(N)(=O)=O)n3n1)CCN(CCO)CC2. The number of aromatic nitrogens is 3. The normalized spacial score (nSPS) is 14.4. The zero-order valence-electron chi connectivity index (χ0n) is 19.9. The maximum absolute atomic E-state index is 12.2. The third-order valence-corrected chi connectivity index (χ3v) is 7.42. The molecule has 36 heavy (non-hydrogen) atoms. The Labute approximate surface area is 209 Å². The van der Waals surface area contributed by atoms with Gasteiger partial charge in [0.05, 0.1) is 41.7 Å². The Morgan fingerprint density at radius 2 is 1.86 bits per heavy atom. The highest BCUT2D eigenvalue weighted by molar-refractivity contribution is 7.89. The van der Waals surface area contributed by atoms with Crippen LogP contribution in [0.5, 0.6) is 5.75 Å². The molecule has 11 heteroatoms. The van der Waals surface area contributed by atoms with Crippen LogP contribution < -0.4 is 15.2 Å². The summed E-state index contributed by atoms with van der Waals surface area (Å²) in [5.74, 6) is 1.02. The van der Waals surface area contributed by atoms with Crippen LogP contribution in [0, 0.1) is 0 Å². The van der Waals surface area contributed by atoms with E-state index < -0.39 is 10.0 Å². The average molecular weight is 509 g/mol. The van der Waals surface area contributed by atoms with Crippen molar-refractivity contribution in [3.05, 3.63) is 65.9 Å². The second-order valence-corrected chi connectivity index (χ2v) is 10.2. The summed E-state index contributed by atoms with van der Waals surface area (Å²) in [5, 5.41) is 22.7. The maximum Gasteiger partial charge on any atom is 0.245 e. The summed E-state index contributed by atoms with van der Waals surface area (Å²) in [5.41, 5.74) is 4.92. The summed E-state index contributed by atoms with van der Waals surface area (Å²) < 4.78 is 31.6. The molecule has 0 aliphatic carbocycles. The van der Waals surface area contributed by atoms with E-state index in [-0.39, 0.29) is 11.5 Å². The number of anilines is 2. The summed E-state index contributed by atoms with van der Waals surface area (Å²) in [7, 11) is -2.30. The van der Waals surface area contributed by atoms with Crippen molar-refractivity contribution in [1.82, 2.24) is 19.5 Å². The molecule has 2 aromatic heterocycles. The average Bonchev–Trinajstić information content (AvgIpc) is 3.18. The highest BCUT2D eigenvalue weighted by atomic mass is 32.2. The van der Waals surface area contributed by atoms with Gasteiger partial charge < -0.3 is 20.1 Å². The van der Waals surface area contributed by atoms with Gasteiger partial charge in [0, 0.05) is 25.2 Å². The molecule has 0 radical (unpaired) electrons. The lowest BCUT2D eigenvalue weighted by molar-refractivity contribution is 0.201. The van der Waals surface area contributed by atoms with E-state index in [0.29, 0.717) is 35.0 Å². The number of benzene rings is 2. The maximum atomic E-state index is 12.2. The molecule has 5 rings (SSSR count). The lowest BCUT2D eigenvalue weighted by Gasteiger charge is -2.17. The first-order valence-electron chi connectivity index (χ1n) is 11.6. The Balaban J connectivity index is 1.51. The van der Waals surface area contributed by atoms with Crippen molar-refractivity contribution in [3.8, 4) is 17.0 Å². The van der Waals surface area contributed by atoms with Gasteiger partial charge in [-0.3, -0.25) is 0 Å². The minimum Gasteiger partial charge on any atom is -0.495 e. The number of rotatable bonds is 7. The number of nitrogens with zero attached hydrogens (tertiary/aromatic N) is 4. The molecule has 1 aliphatic rings. The smallest absolute Gasteiger partial charge is 0.245 e. The number of fused-ring (bicyclic) bond motifs is 2. The quantitative estimate of drug-likeness (QED) is 0.346. The molecule has 0 bridgehead atoms. The van der Waals surface area contributed by atoms with Crippen LogP contribution >= 0.6 is 0 Å². The van der Waals surface area contributed by atoms with Gasteiger partial charge in [-0.2, -0.15) is 0 Å². The summed E-state index contributed by atoms with van der Waals surface area (Å²) in [4.78, 5) is 6.73.